The SMILES string of the molecule is CC1(C)C(Nc2cnc(N)cc2C(=O)O)C1(C)C. The lowest BCUT2D eigenvalue weighted by Gasteiger charge is -2.11. The summed E-state index contributed by atoms with van der Waals surface area (Å²) >= 11 is 0. The number of aromatic nitrogens is 1. The van der Waals surface area contributed by atoms with Crippen molar-refractivity contribution in [1.29, 1.82) is 0 Å². The Bertz CT molecular complexity index is 495. The fourth-order valence-corrected chi connectivity index (χ4v) is 2.48. The third-order valence-electron chi connectivity index (χ3n) is 4.48. The summed E-state index contributed by atoms with van der Waals surface area (Å²) in [4.78, 5) is 15.1. The van der Waals surface area contributed by atoms with Crippen LogP contribution in [-0.4, -0.2) is 22.1 Å². The number of hydrogen-bond donors (Lipinski definition) is 3. The van der Waals surface area contributed by atoms with Gasteiger partial charge in [0.15, 0.2) is 0 Å². The molecule has 1 aromatic heterocycles. The van der Waals surface area contributed by atoms with Gasteiger partial charge in [0.1, 0.15) is 5.82 Å². The maximum absolute atomic E-state index is 11.2. The van der Waals surface area contributed by atoms with E-state index < -0.39 is 5.97 Å². The van der Waals surface area contributed by atoms with Crippen molar-refractivity contribution in [3.8, 4) is 0 Å². The van der Waals surface area contributed by atoms with Crippen LogP contribution < -0.4 is 11.1 Å². The second-order valence-electron chi connectivity index (χ2n) is 5.98. The summed E-state index contributed by atoms with van der Waals surface area (Å²) in [7, 11) is 0. The third kappa shape index (κ3) is 1.70. The van der Waals surface area contributed by atoms with Crippen LogP contribution in [0.1, 0.15) is 38.1 Å². The lowest BCUT2D eigenvalue weighted by atomic mass is 10.0. The van der Waals surface area contributed by atoms with E-state index >= 15 is 0 Å². The molecule has 2 rings (SSSR count). The summed E-state index contributed by atoms with van der Waals surface area (Å²) in [6.45, 7) is 8.65. The molecule has 1 aliphatic carbocycles. The van der Waals surface area contributed by atoms with Crippen molar-refractivity contribution in [2.45, 2.75) is 33.7 Å². The number of aromatic carboxylic acids is 1. The Labute approximate surface area is 106 Å². The maximum Gasteiger partial charge on any atom is 0.337 e. The Hall–Kier alpha value is -1.78. The lowest BCUT2D eigenvalue weighted by molar-refractivity contribution is 0.0698. The molecule has 0 bridgehead atoms. The fraction of sp³-hybridized carbons (Fsp3) is 0.538. The summed E-state index contributed by atoms with van der Waals surface area (Å²) in [5, 5.41) is 12.4. The van der Waals surface area contributed by atoms with E-state index in [-0.39, 0.29) is 28.3 Å². The molecule has 1 saturated carbocycles. The number of nitrogens with two attached hydrogens (primary N) is 1. The van der Waals surface area contributed by atoms with Crippen LogP contribution in [0.2, 0.25) is 0 Å². The Balaban J connectivity index is 2.29. The molecule has 0 amide bonds. The first kappa shape index (κ1) is 12.7. The molecule has 5 heteroatoms. The summed E-state index contributed by atoms with van der Waals surface area (Å²) in [5.41, 5.74) is 6.47. The molecular formula is C13H19N3O2. The Kier molecular flexibility index (Phi) is 2.54. The van der Waals surface area contributed by atoms with Crippen LogP contribution in [0.3, 0.4) is 0 Å². The van der Waals surface area contributed by atoms with Gasteiger partial charge in [0.05, 0.1) is 17.4 Å². The Morgan fingerprint density at radius 2 is 1.94 bits per heavy atom. The first-order chi connectivity index (χ1) is 8.18. The molecule has 0 aliphatic heterocycles. The highest BCUT2D eigenvalue weighted by atomic mass is 16.4. The average molecular weight is 249 g/mol. The first-order valence-electron chi connectivity index (χ1n) is 5.93. The molecule has 18 heavy (non-hydrogen) atoms. The topological polar surface area (TPSA) is 88.2 Å². The molecule has 0 unspecified atom stereocenters. The van der Waals surface area contributed by atoms with Crippen molar-refractivity contribution in [2.24, 2.45) is 10.8 Å². The van der Waals surface area contributed by atoms with Crippen molar-refractivity contribution < 1.29 is 9.90 Å². The molecule has 1 aromatic rings. The lowest BCUT2D eigenvalue weighted by Crippen LogP contribution is -2.14. The normalized spacial score (nSPS) is 20.4. The fourth-order valence-electron chi connectivity index (χ4n) is 2.48. The van der Waals surface area contributed by atoms with Crippen LogP contribution in [0.15, 0.2) is 12.3 Å². The van der Waals surface area contributed by atoms with Crippen LogP contribution in [0.5, 0.6) is 0 Å². The zero-order valence-electron chi connectivity index (χ0n) is 11.1. The Morgan fingerprint density at radius 1 is 1.39 bits per heavy atom. The number of carbonyl (C=O) groups is 1. The number of hydrogen-bond acceptors (Lipinski definition) is 4. The van der Waals surface area contributed by atoms with Crippen molar-refractivity contribution >= 4 is 17.5 Å². The molecule has 0 atom stereocenters. The van der Waals surface area contributed by atoms with Gasteiger partial charge in [-0.2, -0.15) is 0 Å². The van der Waals surface area contributed by atoms with Gasteiger partial charge < -0.3 is 16.2 Å². The van der Waals surface area contributed by atoms with Gasteiger partial charge in [-0.1, -0.05) is 27.7 Å². The number of carboxylic acid groups (broad SMARTS) is 1. The van der Waals surface area contributed by atoms with Crippen molar-refractivity contribution in [3.05, 3.63) is 17.8 Å². The number of anilines is 2. The molecule has 1 aliphatic rings. The van der Waals surface area contributed by atoms with Crippen LogP contribution in [0.4, 0.5) is 11.5 Å². The quantitative estimate of drug-likeness (QED) is 0.764. The van der Waals surface area contributed by atoms with Gasteiger partial charge >= 0.3 is 5.97 Å². The molecule has 0 radical (unpaired) electrons. The van der Waals surface area contributed by atoms with Crippen molar-refractivity contribution in [3.63, 3.8) is 0 Å². The van der Waals surface area contributed by atoms with Gasteiger partial charge in [-0.15, -0.1) is 0 Å². The summed E-state index contributed by atoms with van der Waals surface area (Å²) in [6, 6.07) is 1.61. The largest absolute Gasteiger partial charge is 0.478 e. The smallest absolute Gasteiger partial charge is 0.337 e. The van der Waals surface area contributed by atoms with E-state index in [4.69, 9.17) is 10.8 Å². The average Bonchev–Trinajstić information content (AvgIpc) is 2.62. The minimum atomic E-state index is -0.997. The van der Waals surface area contributed by atoms with Crippen molar-refractivity contribution in [2.75, 3.05) is 11.1 Å². The van der Waals surface area contributed by atoms with Gasteiger partial charge in [-0.05, 0) is 16.9 Å². The highest BCUT2D eigenvalue weighted by molar-refractivity contribution is 5.95. The predicted molar refractivity (Wildman–Crippen MR) is 70.6 cm³/mol. The van der Waals surface area contributed by atoms with Crippen LogP contribution in [0, 0.1) is 10.8 Å². The van der Waals surface area contributed by atoms with Gasteiger partial charge in [0, 0.05) is 6.04 Å². The van der Waals surface area contributed by atoms with E-state index in [0.717, 1.165) is 0 Å². The summed E-state index contributed by atoms with van der Waals surface area (Å²) in [5.74, 6) is -0.782. The number of pyridine rings is 1. The number of rotatable bonds is 3. The number of carboxylic acids is 1. The molecule has 5 nitrogen and oxygen atoms in total. The van der Waals surface area contributed by atoms with Crippen LogP contribution in [0.25, 0.3) is 0 Å². The zero-order valence-corrected chi connectivity index (χ0v) is 11.1. The number of nitrogens with one attached hydrogen (secondary N) is 1. The second-order valence-corrected chi connectivity index (χ2v) is 5.98. The second kappa shape index (κ2) is 3.60. The van der Waals surface area contributed by atoms with E-state index in [1.165, 1.54) is 12.3 Å². The summed E-state index contributed by atoms with van der Waals surface area (Å²) < 4.78 is 0. The van der Waals surface area contributed by atoms with E-state index in [0.29, 0.717) is 5.69 Å². The standard InChI is InChI=1S/C13H19N3O2/c1-12(2)11(13(12,3)4)16-8-6-15-9(14)5-7(8)10(17)18/h5-6,11,16H,1-4H3,(H2,14,15)(H,17,18). The number of nitrogens with zero attached hydrogens (tertiary/aromatic N) is 1. The van der Waals surface area contributed by atoms with Crippen LogP contribution >= 0.6 is 0 Å². The van der Waals surface area contributed by atoms with Crippen molar-refractivity contribution in [1.82, 2.24) is 4.98 Å². The molecule has 0 spiro atoms. The Morgan fingerprint density at radius 3 is 2.39 bits per heavy atom. The molecule has 4 N–H and O–H groups in total. The number of nitrogen functional groups attached to an aromatic ring is 1. The monoisotopic (exact) mass is 249 g/mol. The first-order valence-corrected chi connectivity index (χ1v) is 5.93. The van der Waals surface area contributed by atoms with E-state index in [1.807, 2.05) is 0 Å². The van der Waals surface area contributed by atoms with Gasteiger partial charge in [-0.3, -0.25) is 0 Å². The minimum absolute atomic E-state index is 0.129. The molecular weight excluding hydrogens is 230 g/mol. The zero-order chi connectivity index (χ0) is 13.7. The molecule has 1 heterocycles. The van der Waals surface area contributed by atoms with E-state index in [9.17, 15) is 4.79 Å². The van der Waals surface area contributed by atoms with Crippen LogP contribution in [-0.2, 0) is 0 Å². The molecule has 0 aromatic carbocycles. The molecule has 98 valence electrons. The van der Waals surface area contributed by atoms with E-state index in [2.05, 4.69) is 38.0 Å². The molecule has 1 fully saturated rings. The molecule has 0 saturated heterocycles. The maximum atomic E-state index is 11.2. The van der Waals surface area contributed by atoms with Gasteiger partial charge in [0.2, 0.25) is 0 Å². The van der Waals surface area contributed by atoms with E-state index in [1.54, 1.807) is 0 Å². The third-order valence-corrected chi connectivity index (χ3v) is 4.48. The predicted octanol–water partition coefficient (Wildman–Crippen LogP) is 2.21. The highest BCUT2D eigenvalue weighted by Crippen LogP contribution is 2.63. The summed E-state index contributed by atoms with van der Waals surface area (Å²) in [6.07, 6.45) is 1.49. The minimum Gasteiger partial charge on any atom is -0.478 e. The van der Waals surface area contributed by atoms with Gasteiger partial charge in [0.25, 0.3) is 0 Å². The highest BCUT2D eigenvalue weighted by Gasteiger charge is 2.65. The van der Waals surface area contributed by atoms with Gasteiger partial charge in [-0.25, -0.2) is 9.78 Å².